The summed E-state index contributed by atoms with van der Waals surface area (Å²) in [6.45, 7) is 4.59. The van der Waals surface area contributed by atoms with Crippen molar-refractivity contribution < 1.29 is 9.52 Å². The molecule has 2 N–H and O–H groups in total. The first-order valence-corrected chi connectivity index (χ1v) is 11.4. The molecule has 0 aliphatic carbocycles. The summed E-state index contributed by atoms with van der Waals surface area (Å²) in [5.41, 5.74) is 4.61. The highest BCUT2D eigenvalue weighted by Crippen LogP contribution is 2.42. The highest BCUT2D eigenvalue weighted by molar-refractivity contribution is 7.80. The Hall–Kier alpha value is -3.29. The Balaban J connectivity index is 1.65. The van der Waals surface area contributed by atoms with Gasteiger partial charge < -0.3 is 24.3 Å². The van der Waals surface area contributed by atoms with Crippen LogP contribution in [0.15, 0.2) is 71.5 Å². The average molecular weight is 479 g/mol. The zero-order chi connectivity index (χ0) is 23.1. The van der Waals surface area contributed by atoms with E-state index in [0.29, 0.717) is 22.4 Å². The van der Waals surface area contributed by atoms with Gasteiger partial charge in [0.2, 0.25) is 0 Å². The Bertz CT molecular complexity index is 1300. The van der Waals surface area contributed by atoms with E-state index in [-0.39, 0.29) is 17.8 Å². The number of rotatable bonds is 5. The van der Waals surface area contributed by atoms with Crippen molar-refractivity contribution in [1.29, 1.82) is 0 Å². The van der Waals surface area contributed by atoms with Crippen LogP contribution >= 0.6 is 23.8 Å². The van der Waals surface area contributed by atoms with Crippen molar-refractivity contribution in [2.24, 2.45) is 0 Å². The largest absolute Gasteiger partial charge is 0.506 e. The quantitative estimate of drug-likeness (QED) is 0.363. The number of hydrogen-bond acceptors (Lipinski definition) is 4. The summed E-state index contributed by atoms with van der Waals surface area (Å²) in [6, 6.07) is 16.6. The fourth-order valence-electron chi connectivity index (χ4n) is 4.62. The van der Waals surface area contributed by atoms with Crippen molar-refractivity contribution in [3.63, 3.8) is 0 Å². The Labute approximate surface area is 202 Å². The van der Waals surface area contributed by atoms with Crippen LogP contribution in [0.5, 0.6) is 5.75 Å². The number of phenolic OH excluding ortho intramolecular Hbond substituents is 1. The van der Waals surface area contributed by atoms with Crippen molar-refractivity contribution in [2.45, 2.75) is 32.5 Å². The average Bonchev–Trinajstić information content (AvgIpc) is 3.50. The molecule has 0 bridgehead atoms. The highest BCUT2D eigenvalue weighted by Gasteiger charge is 2.41. The molecule has 4 aromatic rings. The molecule has 168 valence electrons. The van der Waals surface area contributed by atoms with Gasteiger partial charge in [0.15, 0.2) is 5.11 Å². The van der Waals surface area contributed by atoms with Gasteiger partial charge in [-0.3, -0.25) is 4.98 Å². The number of aromatic nitrogens is 2. The number of aryl methyl sites for hydroxylation is 1. The fraction of sp³-hybridized carbons (Fsp3) is 0.200. The number of furan rings is 1. The molecule has 0 spiro atoms. The van der Waals surface area contributed by atoms with Crippen LogP contribution in [-0.2, 0) is 6.54 Å². The summed E-state index contributed by atoms with van der Waals surface area (Å²) >= 11 is 12.0. The van der Waals surface area contributed by atoms with Crippen LogP contribution < -0.4 is 5.32 Å². The van der Waals surface area contributed by atoms with Crippen molar-refractivity contribution in [2.75, 3.05) is 0 Å². The normalized spacial score (nSPS) is 18.0. The molecule has 6 nitrogen and oxygen atoms in total. The number of benzene rings is 1. The Kier molecular flexibility index (Phi) is 5.60. The number of nitrogens with one attached hydrogen (secondary N) is 1. The lowest BCUT2D eigenvalue weighted by molar-refractivity contribution is 0.286. The zero-order valence-electron chi connectivity index (χ0n) is 18.2. The maximum Gasteiger partial charge on any atom is 0.170 e. The van der Waals surface area contributed by atoms with Crippen molar-refractivity contribution in [3.8, 4) is 11.4 Å². The Morgan fingerprint density at radius 1 is 1.15 bits per heavy atom. The second kappa shape index (κ2) is 8.57. The molecule has 2 unspecified atom stereocenters. The van der Waals surface area contributed by atoms with Crippen LogP contribution in [0.3, 0.4) is 0 Å². The van der Waals surface area contributed by atoms with E-state index in [1.807, 2.05) is 48.7 Å². The van der Waals surface area contributed by atoms with Gasteiger partial charge in [0, 0.05) is 22.6 Å². The van der Waals surface area contributed by atoms with E-state index in [9.17, 15) is 5.11 Å². The van der Waals surface area contributed by atoms with E-state index in [4.69, 9.17) is 28.2 Å². The first kappa shape index (κ1) is 21.6. The number of phenols is 1. The summed E-state index contributed by atoms with van der Waals surface area (Å²) in [7, 11) is 0. The van der Waals surface area contributed by atoms with E-state index >= 15 is 0 Å². The second-order valence-electron chi connectivity index (χ2n) is 8.13. The number of nitrogens with zero attached hydrogens (tertiary/aromatic N) is 3. The van der Waals surface area contributed by atoms with Crippen molar-refractivity contribution in [1.82, 2.24) is 19.8 Å². The van der Waals surface area contributed by atoms with E-state index < -0.39 is 0 Å². The van der Waals surface area contributed by atoms with Crippen LogP contribution in [0.1, 0.15) is 40.5 Å². The molecule has 2 atom stereocenters. The SMILES string of the molecule is Cc1cc(C2C(c3ccccn3)NC(=S)N2Cc2ccco2)c(C)n1-c1cc(Cl)ccc1O. The first-order chi connectivity index (χ1) is 15.9. The molecule has 33 heavy (non-hydrogen) atoms. The van der Waals surface area contributed by atoms with E-state index in [1.54, 1.807) is 30.7 Å². The predicted octanol–water partition coefficient (Wildman–Crippen LogP) is 5.61. The standard InChI is InChI=1S/C25H23ClN4O2S/c1-15-12-19(16(2)30(15)21-13-17(26)8-9-22(21)31)24-23(20-7-3-4-10-27-20)28-25(33)29(24)14-18-6-5-11-32-18/h3-13,23-24,31H,14H2,1-2H3,(H,28,33). The lowest BCUT2D eigenvalue weighted by Crippen LogP contribution is -2.29. The summed E-state index contributed by atoms with van der Waals surface area (Å²) in [5.74, 6) is 0.994. The van der Waals surface area contributed by atoms with Crippen molar-refractivity contribution >= 4 is 28.9 Å². The van der Waals surface area contributed by atoms with Gasteiger partial charge in [0.1, 0.15) is 11.5 Å². The molecule has 5 rings (SSSR count). The lowest BCUT2D eigenvalue weighted by atomic mass is 9.96. The smallest absolute Gasteiger partial charge is 0.170 e. The minimum Gasteiger partial charge on any atom is -0.506 e. The molecule has 1 aliphatic heterocycles. The number of halogens is 1. The first-order valence-electron chi connectivity index (χ1n) is 10.6. The van der Waals surface area contributed by atoms with Gasteiger partial charge in [-0.2, -0.15) is 0 Å². The van der Waals surface area contributed by atoms with E-state index in [2.05, 4.69) is 21.3 Å². The molecule has 0 saturated carbocycles. The summed E-state index contributed by atoms with van der Waals surface area (Å²) in [5, 5.41) is 15.2. The predicted molar refractivity (Wildman–Crippen MR) is 132 cm³/mol. The molecular formula is C25H23ClN4O2S. The van der Waals surface area contributed by atoms with Gasteiger partial charge in [-0.25, -0.2) is 0 Å². The molecule has 0 radical (unpaired) electrons. The third-order valence-electron chi connectivity index (χ3n) is 6.07. The van der Waals surface area contributed by atoms with Gasteiger partial charge in [-0.1, -0.05) is 17.7 Å². The fourth-order valence-corrected chi connectivity index (χ4v) is 5.09. The van der Waals surface area contributed by atoms with Gasteiger partial charge in [-0.05, 0) is 80.2 Å². The zero-order valence-corrected chi connectivity index (χ0v) is 19.8. The summed E-state index contributed by atoms with van der Waals surface area (Å²) < 4.78 is 7.65. The Morgan fingerprint density at radius 3 is 2.73 bits per heavy atom. The molecular weight excluding hydrogens is 456 g/mol. The molecule has 8 heteroatoms. The van der Waals surface area contributed by atoms with Crippen LogP contribution in [0.2, 0.25) is 5.02 Å². The van der Waals surface area contributed by atoms with E-state index in [0.717, 1.165) is 28.4 Å². The van der Waals surface area contributed by atoms with Crippen molar-refractivity contribution in [3.05, 3.63) is 100 Å². The third-order valence-corrected chi connectivity index (χ3v) is 6.66. The number of pyridine rings is 1. The third kappa shape index (κ3) is 3.87. The highest BCUT2D eigenvalue weighted by atomic mass is 35.5. The second-order valence-corrected chi connectivity index (χ2v) is 8.95. The molecule has 0 amide bonds. The minimum atomic E-state index is -0.143. The molecule has 1 aromatic carbocycles. The Morgan fingerprint density at radius 2 is 2.00 bits per heavy atom. The van der Waals surface area contributed by atoms with E-state index in [1.165, 1.54) is 0 Å². The maximum absolute atomic E-state index is 10.6. The van der Waals surface area contributed by atoms with Gasteiger partial charge >= 0.3 is 0 Å². The van der Waals surface area contributed by atoms with Crippen LogP contribution in [-0.4, -0.2) is 24.7 Å². The molecule has 1 saturated heterocycles. The van der Waals surface area contributed by atoms with Gasteiger partial charge in [0.05, 0.1) is 36.3 Å². The van der Waals surface area contributed by atoms with Gasteiger partial charge in [-0.15, -0.1) is 0 Å². The van der Waals surface area contributed by atoms with Crippen LogP contribution in [0, 0.1) is 13.8 Å². The molecule has 1 aliphatic rings. The number of thiocarbonyl (C=S) groups is 1. The minimum absolute atomic E-state index is 0.126. The van der Waals surface area contributed by atoms with Crippen LogP contribution in [0.4, 0.5) is 0 Å². The number of hydrogen-bond donors (Lipinski definition) is 2. The lowest BCUT2D eigenvalue weighted by Gasteiger charge is -2.27. The summed E-state index contributed by atoms with van der Waals surface area (Å²) in [6.07, 6.45) is 3.46. The van der Waals surface area contributed by atoms with Gasteiger partial charge in [0.25, 0.3) is 0 Å². The number of aromatic hydroxyl groups is 1. The molecule has 1 fully saturated rings. The monoisotopic (exact) mass is 478 g/mol. The molecule has 4 heterocycles. The van der Waals surface area contributed by atoms with Crippen LogP contribution in [0.25, 0.3) is 5.69 Å². The summed E-state index contributed by atoms with van der Waals surface area (Å²) in [4.78, 5) is 6.75. The maximum atomic E-state index is 10.6. The molecule has 3 aromatic heterocycles. The topological polar surface area (TPSA) is 66.5 Å².